The van der Waals surface area contributed by atoms with Crippen LogP contribution in [0.15, 0.2) is 30.3 Å². The molecule has 0 bridgehead atoms. The Morgan fingerprint density at radius 2 is 1.80 bits per heavy atom. The van der Waals surface area contributed by atoms with Crippen molar-refractivity contribution in [3.63, 3.8) is 0 Å². The van der Waals surface area contributed by atoms with Gasteiger partial charge < -0.3 is 5.32 Å². The van der Waals surface area contributed by atoms with Crippen molar-refractivity contribution in [1.82, 2.24) is 5.32 Å². The molecule has 15 heavy (non-hydrogen) atoms. The Morgan fingerprint density at radius 3 is 2.27 bits per heavy atom. The highest BCUT2D eigenvalue weighted by Gasteiger charge is 2.31. The summed E-state index contributed by atoms with van der Waals surface area (Å²) in [5.74, 6) is 0.643. The second-order valence-corrected chi connectivity index (χ2v) is 3.55. The first-order valence-electron chi connectivity index (χ1n) is 5.61. The lowest BCUT2D eigenvalue weighted by atomic mass is 9.90. The Morgan fingerprint density at radius 1 is 1.20 bits per heavy atom. The van der Waals surface area contributed by atoms with Gasteiger partial charge in [0.1, 0.15) is 0 Å². The predicted molar refractivity (Wildman–Crippen MR) is 62.7 cm³/mol. The molecule has 0 aliphatic carbocycles. The molecular formula is C13H19NO. The fraction of sp³-hybridized carbons (Fsp3) is 0.462. The number of carbonyl (C=O) groups is 1. The van der Waals surface area contributed by atoms with Crippen LogP contribution in [0.4, 0.5) is 0 Å². The zero-order valence-corrected chi connectivity index (χ0v) is 9.66. The molecule has 0 aromatic heterocycles. The van der Waals surface area contributed by atoms with E-state index in [9.17, 15) is 4.79 Å². The van der Waals surface area contributed by atoms with Gasteiger partial charge in [0.15, 0.2) is 0 Å². The molecule has 0 radical (unpaired) electrons. The molecule has 1 N–H and O–H groups in total. The lowest BCUT2D eigenvalue weighted by molar-refractivity contribution is -0.122. The minimum Gasteiger partial charge on any atom is -0.355 e. The molecule has 0 unspecified atom stereocenters. The van der Waals surface area contributed by atoms with Crippen LogP contribution in [0.5, 0.6) is 0 Å². The van der Waals surface area contributed by atoms with Crippen molar-refractivity contribution in [1.29, 1.82) is 0 Å². The second-order valence-electron chi connectivity index (χ2n) is 3.55. The molecule has 82 valence electrons. The molecule has 2 rings (SSSR count). The fourth-order valence-corrected chi connectivity index (χ4v) is 1.84. The summed E-state index contributed by atoms with van der Waals surface area (Å²) in [5, 5.41) is 2.88. The van der Waals surface area contributed by atoms with Crippen LogP contribution in [0, 0.1) is 5.92 Å². The summed E-state index contributed by atoms with van der Waals surface area (Å²) in [4.78, 5) is 11.2. The summed E-state index contributed by atoms with van der Waals surface area (Å²) in [6, 6.07) is 10.2. The van der Waals surface area contributed by atoms with Crippen molar-refractivity contribution in [2.24, 2.45) is 5.92 Å². The third-order valence-corrected chi connectivity index (χ3v) is 2.74. The van der Waals surface area contributed by atoms with E-state index in [1.54, 1.807) is 0 Å². The van der Waals surface area contributed by atoms with Crippen molar-refractivity contribution in [2.75, 3.05) is 6.54 Å². The van der Waals surface area contributed by atoms with Crippen molar-refractivity contribution >= 4 is 5.91 Å². The number of benzene rings is 1. The zero-order chi connectivity index (χ0) is 11.3. The van der Waals surface area contributed by atoms with Gasteiger partial charge in [-0.1, -0.05) is 51.1 Å². The van der Waals surface area contributed by atoms with Crippen LogP contribution in [-0.4, -0.2) is 12.5 Å². The average Bonchev–Trinajstić information content (AvgIpc) is 2.64. The van der Waals surface area contributed by atoms with E-state index in [2.05, 4.69) is 17.4 Å². The summed E-state index contributed by atoms with van der Waals surface area (Å²) >= 11 is 0. The van der Waals surface area contributed by atoms with Gasteiger partial charge in [-0.3, -0.25) is 4.79 Å². The minimum absolute atomic E-state index is 0.113. The van der Waals surface area contributed by atoms with Crippen LogP contribution in [0.3, 0.4) is 0 Å². The van der Waals surface area contributed by atoms with E-state index in [1.165, 1.54) is 5.56 Å². The van der Waals surface area contributed by atoms with Gasteiger partial charge in [-0.2, -0.15) is 0 Å². The minimum atomic E-state index is 0.113. The van der Waals surface area contributed by atoms with Crippen LogP contribution in [0.2, 0.25) is 0 Å². The number of nitrogens with one attached hydrogen (secondary N) is 1. The molecule has 1 aromatic carbocycles. The Balaban J connectivity index is 0.000000531. The van der Waals surface area contributed by atoms with Crippen molar-refractivity contribution in [3.8, 4) is 0 Å². The standard InChI is InChI=1S/C11H13NO.C2H6/c1-8-10(7-12-11(8)13)9-5-3-2-4-6-9;1-2/h2-6,8,10H,7H2,1H3,(H,12,13);1-2H3/t8-,10+;/m1./s1. The van der Waals surface area contributed by atoms with E-state index in [0.29, 0.717) is 5.92 Å². The molecule has 2 nitrogen and oxygen atoms in total. The summed E-state index contributed by atoms with van der Waals surface area (Å²) < 4.78 is 0. The van der Waals surface area contributed by atoms with Crippen LogP contribution in [0.25, 0.3) is 0 Å². The summed E-state index contributed by atoms with van der Waals surface area (Å²) in [6.07, 6.45) is 0. The number of carbonyl (C=O) groups excluding carboxylic acids is 1. The van der Waals surface area contributed by atoms with Crippen LogP contribution in [-0.2, 0) is 4.79 Å². The van der Waals surface area contributed by atoms with Crippen molar-refractivity contribution < 1.29 is 4.79 Å². The van der Waals surface area contributed by atoms with E-state index in [4.69, 9.17) is 0 Å². The van der Waals surface area contributed by atoms with E-state index in [0.717, 1.165) is 6.54 Å². The lowest BCUT2D eigenvalue weighted by Gasteiger charge is -2.11. The molecule has 0 spiro atoms. The van der Waals surface area contributed by atoms with Gasteiger partial charge in [0, 0.05) is 18.4 Å². The van der Waals surface area contributed by atoms with Crippen molar-refractivity contribution in [3.05, 3.63) is 35.9 Å². The molecule has 2 heteroatoms. The first-order valence-corrected chi connectivity index (χ1v) is 5.61. The largest absolute Gasteiger partial charge is 0.355 e. The summed E-state index contributed by atoms with van der Waals surface area (Å²) in [6.45, 7) is 6.77. The van der Waals surface area contributed by atoms with Gasteiger partial charge >= 0.3 is 0 Å². The van der Waals surface area contributed by atoms with Crippen molar-refractivity contribution in [2.45, 2.75) is 26.7 Å². The highest BCUT2D eigenvalue weighted by molar-refractivity contribution is 5.81. The Hall–Kier alpha value is -1.31. The second kappa shape index (κ2) is 5.54. The maximum absolute atomic E-state index is 11.2. The Labute approximate surface area is 91.7 Å². The maximum Gasteiger partial charge on any atom is 0.223 e. The zero-order valence-electron chi connectivity index (χ0n) is 9.66. The SMILES string of the molecule is CC.C[C@H]1C(=O)NC[C@@H]1c1ccccc1. The molecule has 1 aliphatic heterocycles. The molecule has 1 fully saturated rings. The molecule has 0 saturated carbocycles. The molecule has 1 saturated heterocycles. The van der Waals surface area contributed by atoms with Crippen LogP contribution >= 0.6 is 0 Å². The molecular weight excluding hydrogens is 186 g/mol. The van der Waals surface area contributed by atoms with Gasteiger partial charge in [-0.05, 0) is 5.56 Å². The van der Waals surface area contributed by atoms with Gasteiger partial charge in [-0.15, -0.1) is 0 Å². The summed E-state index contributed by atoms with van der Waals surface area (Å²) in [5.41, 5.74) is 1.26. The van der Waals surface area contributed by atoms with Gasteiger partial charge in [0.05, 0.1) is 0 Å². The first kappa shape index (κ1) is 11.8. The normalized spacial score (nSPS) is 24.1. The highest BCUT2D eigenvalue weighted by atomic mass is 16.2. The summed E-state index contributed by atoms with van der Waals surface area (Å²) in [7, 11) is 0. The van der Waals surface area contributed by atoms with E-state index >= 15 is 0 Å². The molecule has 1 aromatic rings. The molecule has 2 atom stereocenters. The number of amides is 1. The quantitative estimate of drug-likeness (QED) is 0.750. The van der Waals surface area contributed by atoms with Crippen LogP contribution in [0.1, 0.15) is 32.3 Å². The fourth-order valence-electron chi connectivity index (χ4n) is 1.84. The Kier molecular flexibility index (Phi) is 4.35. The van der Waals surface area contributed by atoms with Crippen LogP contribution < -0.4 is 5.32 Å². The highest BCUT2D eigenvalue weighted by Crippen LogP contribution is 2.27. The third kappa shape index (κ3) is 2.58. The maximum atomic E-state index is 11.2. The third-order valence-electron chi connectivity index (χ3n) is 2.74. The lowest BCUT2D eigenvalue weighted by Crippen LogP contribution is -2.16. The van der Waals surface area contributed by atoms with Gasteiger partial charge in [-0.25, -0.2) is 0 Å². The Bertz CT molecular complexity index is 308. The smallest absolute Gasteiger partial charge is 0.223 e. The van der Waals surface area contributed by atoms with Gasteiger partial charge in [0.25, 0.3) is 0 Å². The van der Waals surface area contributed by atoms with Gasteiger partial charge in [0.2, 0.25) is 5.91 Å². The number of hydrogen-bond donors (Lipinski definition) is 1. The van der Waals surface area contributed by atoms with E-state index < -0.39 is 0 Å². The monoisotopic (exact) mass is 205 g/mol. The average molecular weight is 205 g/mol. The molecule has 1 aliphatic rings. The number of rotatable bonds is 1. The predicted octanol–water partition coefficient (Wildman–Crippen LogP) is 2.56. The topological polar surface area (TPSA) is 29.1 Å². The first-order chi connectivity index (χ1) is 7.29. The molecule has 1 amide bonds. The van der Waals surface area contributed by atoms with E-state index in [-0.39, 0.29) is 11.8 Å². The number of hydrogen-bond acceptors (Lipinski definition) is 1. The molecule has 1 heterocycles. The van der Waals surface area contributed by atoms with E-state index in [1.807, 2.05) is 39.0 Å².